The van der Waals surface area contributed by atoms with Gasteiger partial charge in [-0.25, -0.2) is 14.4 Å². The van der Waals surface area contributed by atoms with E-state index < -0.39 is 44.0 Å². The second-order valence-electron chi connectivity index (χ2n) is 7.54. The van der Waals surface area contributed by atoms with Gasteiger partial charge in [0.1, 0.15) is 29.8 Å². The van der Waals surface area contributed by atoms with Crippen LogP contribution in [-0.4, -0.2) is 63.4 Å². The number of halogens is 7. The van der Waals surface area contributed by atoms with E-state index in [2.05, 4.69) is 15.0 Å². The van der Waals surface area contributed by atoms with Crippen LogP contribution in [0.3, 0.4) is 0 Å². The lowest BCUT2D eigenvalue weighted by molar-refractivity contribution is -0.113. The highest BCUT2D eigenvalue weighted by Gasteiger charge is 2.46. The molecule has 0 saturated heterocycles. The molecule has 7 nitrogen and oxygen atoms in total. The number of nitrogens with zero attached hydrogens (tertiary/aromatic N) is 4. The molecule has 0 radical (unpaired) electrons. The summed E-state index contributed by atoms with van der Waals surface area (Å²) in [6, 6.07) is 4.25. The summed E-state index contributed by atoms with van der Waals surface area (Å²) in [5.41, 5.74) is 6.32. The summed E-state index contributed by atoms with van der Waals surface area (Å²) in [7, 11) is -4.76. The summed E-state index contributed by atoms with van der Waals surface area (Å²) in [5.74, 6) is -0.584. The van der Waals surface area contributed by atoms with Gasteiger partial charge in [-0.1, -0.05) is 11.8 Å². The zero-order chi connectivity index (χ0) is 26.7. The van der Waals surface area contributed by atoms with Gasteiger partial charge in [-0.15, -0.1) is 11.8 Å². The van der Waals surface area contributed by atoms with Crippen molar-refractivity contribution in [1.29, 1.82) is 0 Å². The van der Waals surface area contributed by atoms with E-state index in [0.29, 0.717) is 15.4 Å². The van der Waals surface area contributed by atoms with Crippen LogP contribution in [0, 0.1) is 5.82 Å². The van der Waals surface area contributed by atoms with Crippen LogP contribution in [0.1, 0.15) is 0 Å². The van der Waals surface area contributed by atoms with E-state index in [1.807, 2.05) is 6.26 Å². The zero-order valence-corrected chi connectivity index (χ0v) is 21.0. The Morgan fingerprint density at radius 2 is 1.75 bits per heavy atom. The maximum absolute atomic E-state index is 13.8. The number of nitrogens with two attached hydrogens (primary N) is 1. The second-order valence-corrected chi connectivity index (χ2v) is 12.4. The lowest BCUT2D eigenvalue weighted by Crippen LogP contribution is -2.24. The fourth-order valence-electron chi connectivity index (χ4n) is 3.20. The van der Waals surface area contributed by atoms with Crippen molar-refractivity contribution in [2.45, 2.75) is 33.7 Å². The van der Waals surface area contributed by atoms with Crippen molar-refractivity contribution in [2.75, 3.05) is 37.3 Å². The second kappa shape index (κ2) is 11.2. The summed E-state index contributed by atoms with van der Waals surface area (Å²) in [6.07, 6.45) is -12.3. The van der Waals surface area contributed by atoms with Crippen molar-refractivity contribution >= 4 is 47.8 Å². The van der Waals surface area contributed by atoms with Crippen molar-refractivity contribution in [1.82, 2.24) is 19.5 Å². The van der Waals surface area contributed by atoms with E-state index in [0.717, 1.165) is 16.7 Å². The van der Waals surface area contributed by atoms with Crippen molar-refractivity contribution < 1.29 is 40.0 Å². The quantitative estimate of drug-likeness (QED) is 0.105. The van der Waals surface area contributed by atoms with Crippen LogP contribution >= 0.6 is 30.7 Å². The van der Waals surface area contributed by atoms with Crippen LogP contribution in [0.5, 0.6) is 0 Å². The summed E-state index contributed by atoms with van der Waals surface area (Å²) in [6.45, 7) is -0.441. The maximum atomic E-state index is 13.8. The van der Waals surface area contributed by atoms with Gasteiger partial charge < -0.3 is 19.6 Å². The van der Waals surface area contributed by atoms with Crippen molar-refractivity contribution in [3.63, 3.8) is 0 Å². The minimum absolute atomic E-state index is 0.0783. The molecule has 2 heterocycles. The van der Waals surface area contributed by atoms with Gasteiger partial charge in [0.15, 0.2) is 5.65 Å². The summed E-state index contributed by atoms with van der Waals surface area (Å²) >= 11 is 2.50. The SMILES string of the molecule is CSc1ccc(F)cc1Sc1nc(N)nc2c1ncn2CCOCP(=O)(CC(F)(F)F)CC(F)(F)F. The summed E-state index contributed by atoms with van der Waals surface area (Å²) in [4.78, 5) is 13.8. The molecule has 0 amide bonds. The Labute approximate surface area is 208 Å². The molecule has 0 saturated carbocycles. The first-order valence-corrected chi connectivity index (χ1v) is 14.3. The van der Waals surface area contributed by atoms with E-state index in [4.69, 9.17) is 10.5 Å². The monoisotopic (exact) mass is 577 g/mol. The lowest BCUT2D eigenvalue weighted by atomic mass is 10.3. The number of nitrogen functional groups attached to an aromatic ring is 1. The fraction of sp³-hybridized carbons (Fsp3) is 0.421. The molecule has 17 heteroatoms. The topological polar surface area (TPSA) is 95.9 Å². The molecule has 0 bridgehead atoms. The first-order chi connectivity index (χ1) is 16.7. The van der Waals surface area contributed by atoms with Crippen molar-refractivity contribution in [2.24, 2.45) is 0 Å². The number of fused-ring (bicyclic) bond motifs is 1. The minimum atomic E-state index is -5.04. The Bertz CT molecular complexity index is 1250. The highest BCUT2D eigenvalue weighted by atomic mass is 32.2. The number of rotatable bonds is 10. The number of alkyl halides is 6. The first kappa shape index (κ1) is 28.5. The molecule has 198 valence electrons. The number of imidazole rings is 1. The third-order valence-corrected chi connectivity index (χ3v) is 9.00. The molecule has 2 N–H and O–H groups in total. The van der Waals surface area contributed by atoms with E-state index in [1.54, 1.807) is 6.07 Å². The van der Waals surface area contributed by atoms with Crippen LogP contribution in [0.15, 0.2) is 39.3 Å². The summed E-state index contributed by atoms with van der Waals surface area (Å²) in [5, 5.41) is 0.318. The van der Waals surface area contributed by atoms with Gasteiger partial charge in [0.05, 0.1) is 25.3 Å². The highest BCUT2D eigenvalue weighted by Crippen LogP contribution is 2.53. The van der Waals surface area contributed by atoms with Gasteiger partial charge in [0, 0.05) is 16.3 Å². The fourth-order valence-corrected chi connectivity index (χ4v) is 7.03. The van der Waals surface area contributed by atoms with Crippen molar-refractivity contribution in [3.05, 3.63) is 30.3 Å². The van der Waals surface area contributed by atoms with Crippen LogP contribution in [0.2, 0.25) is 0 Å². The minimum Gasteiger partial charge on any atom is -0.372 e. The lowest BCUT2D eigenvalue weighted by Gasteiger charge is -2.21. The number of benzene rings is 1. The van der Waals surface area contributed by atoms with Gasteiger partial charge in [0.2, 0.25) is 5.95 Å². The average molecular weight is 577 g/mol. The smallest absolute Gasteiger partial charge is 0.372 e. The third kappa shape index (κ3) is 7.98. The summed E-state index contributed by atoms with van der Waals surface area (Å²) < 4.78 is 109. The number of hydrogen-bond acceptors (Lipinski definition) is 8. The van der Waals surface area contributed by atoms with Gasteiger partial charge in [-0.3, -0.25) is 0 Å². The molecule has 3 rings (SSSR count). The molecular weight excluding hydrogens is 558 g/mol. The van der Waals surface area contributed by atoms with E-state index in [9.17, 15) is 35.3 Å². The predicted molar refractivity (Wildman–Crippen MR) is 122 cm³/mol. The number of anilines is 1. The van der Waals surface area contributed by atoms with Gasteiger partial charge in [-0.05, 0) is 24.5 Å². The Morgan fingerprint density at radius 1 is 1.08 bits per heavy atom. The van der Waals surface area contributed by atoms with E-state index in [-0.39, 0.29) is 24.7 Å². The molecule has 0 aliphatic heterocycles. The molecule has 36 heavy (non-hydrogen) atoms. The molecular formula is C19H19F7N5O2PS2. The Morgan fingerprint density at radius 3 is 2.36 bits per heavy atom. The molecule has 3 aromatic rings. The molecule has 0 fully saturated rings. The van der Waals surface area contributed by atoms with Crippen LogP contribution < -0.4 is 5.73 Å². The van der Waals surface area contributed by atoms with Gasteiger partial charge in [0.25, 0.3) is 0 Å². The van der Waals surface area contributed by atoms with Crippen LogP contribution in [0.4, 0.5) is 36.7 Å². The molecule has 0 spiro atoms. The number of hydrogen-bond donors (Lipinski definition) is 1. The van der Waals surface area contributed by atoms with Crippen LogP contribution in [-0.2, 0) is 15.8 Å². The number of ether oxygens (including phenoxy) is 1. The predicted octanol–water partition coefficient (Wildman–Crippen LogP) is 5.88. The number of thioether (sulfide) groups is 1. The Hall–Kier alpha value is -2.03. The zero-order valence-electron chi connectivity index (χ0n) is 18.4. The molecule has 0 unspecified atom stereocenters. The van der Waals surface area contributed by atoms with E-state index in [1.165, 1.54) is 34.8 Å². The first-order valence-electron chi connectivity index (χ1n) is 9.96. The van der Waals surface area contributed by atoms with E-state index >= 15 is 0 Å². The normalized spacial score (nSPS) is 13.0. The Balaban J connectivity index is 1.75. The highest BCUT2D eigenvalue weighted by molar-refractivity contribution is 8.02. The largest absolute Gasteiger partial charge is 0.395 e. The standard InChI is InChI=1S/C19H19F7N5O2PS2/c1-35-12-3-2-11(20)6-13(12)36-16-14-15(29-17(27)30-16)31(9-28-14)4-5-33-10-34(32,7-18(21,22)23)8-19(24,25)26/h2-3,6,9H,4-5,7-8,10H2,1H3,(H2,27,29,30). The number of aromatic nitrogens is 4. The average Bonchev–Trinajstić information content (AvgIpc) is 3.11. The molecule has 2 aromatic heterocycles. The third-order valence-electron chi connectivity index (χ3n) is 4.52. The van der Waals surface area contributed by atoms with Gasteiger partial charge in [-0.2, -0.15) is 31.3 Å². The molecule has 0 aliphatic rings. The molecule has 0 atom stereocenters. The Kier molecular flexibility index (Phi) is 8.84. The van der Waals surface area contributed by atoms with Crippen molar-refractivity contribution in [3.8, 4) is 0 Å². The van der Waals surface area contributed by atoms with Gasteiger partial charge >= 0.3 is 12.4 Å². The molecule has 1 aromatic carbocycles. The maximum Gasteiger partial charge on any atom is 0.395 e. The molecule has 0 aliphatic carbocycles. The van der Waals surface area contributed by atoms with Crippen LogP contribution in [0.25, 0.3) is 11.2 Å².